The lowest BCUT2D eigenvalue weighted by atomic mass is 9.86. The van der Waals surface area contributed by atoms with Gasteiger partial charge in [-0.1, -0.05) is 12.8 Å². The molecule has 0 saturated heterocycles. The summed E-state index contributed by atoms with van der Waals surface area (Å²) < 4.78 is 0. The molecule has 4 heteroatoms. The Kier molecular flexibility index (Phi) is 5.01. The van der Waals surface area contributed by atoms with E-state index in [9.17, 15) is 9.90 Å². The van der Waals surface area contributed by atoms with Crippen molar-refractivity contribution in [2.45, 2.75) is 31.8 Å². The smallest absolute Gasteiger partial charge is 0.251 e. The van der Waals surface area contributed by atoms with Gasteiger partial charge in [-0.25, -0.2) is 0 Å². The molecule has 20 heavy (non-hydrogen) atoms. The summed E-state index contributed by atoms with van der Waals surface area (Å²) >= 11 is 0. The van der Waals surface area contributed by atoms with Crippen molar-refractivity contribution in [3.05, 3.63) is 29.8 Å². The van der Waals surface area contributed by atoms with Crippen LogP contribution in [-0.4, -0.2) is 37.8 Å². The molecule has 0 bridgehead atoms. The van der Waals surface area contributed by atoms with Gasteiger partial charge < -0.3 is 15.3 Å². The summed E-state index contributed by atoms with van der Waals surface area (Å²) in [4.78, 5) is 14.1. The maximum Gasteiger partial charge on any atom is 0.251 e. The largest absolute Gasteiger partial charge is 0.393 e. The second-order valence-electron chi connectivity index (χ2n) is 5.76. The lowest BCUT2D eigenvalue weighted by Gasteiger charge is -2.27. The number of benzene rings is 1. The van der Waals surface area contributed by atoms with Gasteiger partial charge in [-0.3, -0.25) is 4.79 Å². The van der Waals surface area contributed by atoms with Crippen LogP contribution in [0, 0.1) is 5.92 Å². The van der Waals surface area contributed by atoms with Crippen molar-refractivity contribution in [3.8, 4) is 0 Å². The lowest BCUT2D eigenvalue weighted by molar-refractivity contribution is 0.0663. The molecule has 4 nitrogen and oxygen atoms in total. The van der Waals surface area contributed by atoms with Gasteiger partial charge in [0, 0.05) is 37.8 Å². The Bertz CT molecular complexity index is 442. The molecule has 1 aliphatic rings. The number of carbonyl (C=O) groups excluding carboxylic acids is 1. The zero-order valence-corrected chi connectivity index (χ0v) is 12.3. The Hall–Kier alpha value is -1.55. The zero-order valence-electron chi connectivity index (χ0n) is 12.3. The van der Waals surface area contributed by atoms with E-state index in [4.69, 9.17) is 0 Å². The first-order valence-corrected chi connectivity index (χ1v) is 7.31. The molecule has 110 valence electrons. The number of anilines is 1. The molecular weight excluding hydrogens is 252 g/mol. The molecule has 1 aromatic carbocycles. The summed E-state index contributed by atoms with van der Waals surface area (Å²) in [6, 6.07) is 7.54. The van der Waals surface area contributed by atoms with Gasteiger partial charge in [0.05, 0.1) is 6.10 Å². The fraction of sp³-hybridized carbons (Fsp3) is 0.562. The number of amides is 1. The normalized spacial score (nSPS) is 22.4. The average Bonchev–Trinajstić information content (AvgIpc) is 2.46. The monoisotopic (exact) mass is 276 g/mol. The van der Waals surface area contributed by atoms with Crippen LogP contribution in [0.1, 0.15) is 36.0 Å². The molecule has 1 saturated carbocycles. The Morgan fingerprint density at radius 2 is 1.90 bits per heavy atom. The third-order valence-corrected chi connectivity index (χ3v) is 4.04. The predicted molar refractivity (Wildman–Crippen MR) is 81.1 cm³/mol. The quantitative estimate of drug-likeness (QED) is 0.885. The third-order valence-electron chi connectivity index (χ3n) is 4.04. The van der Waals surface area contributed by atoms with Gasteiger partial charge >= 0.3 is 0 Å². The molecule has 1 fully saturated rings. The number of nitrogens with one attached hydrogen (secondary N) is 1. The van der Waals surface area contributed by atoms with E-state index in [1.165, 1.54) is 0 Å². The van der Waals surface area contributed by atoms with E-state index in [2.05, 4.69) is 5.32 Å². The van der Waals surface area contributed by atoms with Gasteiger partial charge in [0.25, 0.3) is 5.91 Å². The van der Waals surface area contributed by atoms with Gasteiger partial charge in [0.2, 0.25) is 0 Å². The first-order chi connectivity index (χ1) is 9.58. The summed E-state index contributed by atoms with van der Waals surface area (Å²) in [5.41, 5.74) is 1.74. The Labute approximate surface area is 120 Å². The second kappa shape index (κ2) is 6.75. The molecule has 2 unspecified atom stereocenters. The van der Waals surface area contributed by atoms with E-state index >= 15 is 0 Å². The minimum atomic E-state index is -0.264. The van der Waals surface area contributed by atoms with Crippen LogP contribution in [0.15, 0.2) is 24.3 Å². The molecule has 0 heterocycles. The second-order valence-corrected chi connectivity index (χ2v) is 5.76. The minimum absolute atomic E-state index is 0.0620. The van der Waals surface area contributed by atoms with Crippen molar-refractivity contribution in [2.24, 2.45) is 5.92 Å². The summed E-state index contributed by atoms with van der Waals surface area (Å²) in [6.07, 6.45) is 3.84. The first kappa shape index (κ1) is 14.9. The third kappa shape index (κ3) is 3.73. The highest BCUT2D eigenvalue weighted by molar-refractivity contribution is 5.94. The lowest BCUT2D eigenvalue weighted by Crippen LogP contribution is -2.36. The van der Waals surface area contributed by atoms with E-state index in [-0.39, 0.29) is 17.9 Å². The van der Waals surface area contributed by atoms with E-state index in [0.717, 1.165) is 31.4 Å². The van der Waals surface area contributed by atoms with Crippen LogP contribution in [0.3, 0.4) is 0 Å². The fourth-order valence-corrected chi connectivity index (χ4v) is 2.66. The number of aliphatic hydroxyl groups excluding tert-OH is 1. The van der Waals surface area contributed by atoms with Crippen molar-refractivity contribution in [1.29, 1.82) is 0 Å². The number of rotatable bonds is 4. The molecule has 2 rings (SSSR count). The van der Waals surface area contributed by atoms with E-state index in [1.807, 2.05) is 43.3 Å². The van der Waals surface area contributed by atoms with E-state index in [0.29, 0.717) is 12.1 Å². The summed E-state index contributed by atoms with van der Waals surface area (Å²) in [5, 5.41) is 12.8. The first-order valence-electron chi connectivity index (χ1n) is 7.31. The van der Waals surface area contributed by atoms with Crippen LogP contribution in [0.4, 0.5) is 5.69 Å². The number of hydrogen-bond donors (Lipinski definition) is 2. The predicted octanol–water partition coefficient (Wildman–Crippen LogP) is 2.03. The molecular formula is C16H24N2O2. The zero-order chi connectivity index (χ0) is 14.5. The number of carbonyl (C=O) groups is 1. The average molecular weight is 276 g/mol. The Morgan fingerprint density at radius 3 is 2.50 bits per heavy atom. The standard InChI is InChI=1S/C16H24N2O2/c1-18(2)14-9-7-12(8-10-14)16(20)17-11-13-5-3-4-6-15(13)19/h7-10,13,15,19H,3-6,11H2,1-2H3,(H,17,20). The molecule has 0 aliphatic heterocycles. The SMILES string of the molecule is CN(C)c1ccc(C(=O)NCC2CCCCC2O)cc1. The van der Waals surface area contributed by atoms with Crippen molar-refractivity contribution < 1.29 is 9.90 Å². The molecule has 0 spiro atoms. The van der Waals surface area contributed by atoms with Gasteiger partial charge in [-0.05, 0) is 37.1 Å². The summed E-state index contributed by atoms with van der Waals surface area (Å²) in [6.45, 7) is 0.565. The van der Waals surface area contributed by atoms with Gasteiger partial charge in [-0.2, -0.15) is 0 Å². The van der Waals surface area contributed by atoms with Gasteiger partial charge in [0.15, 0.2) is 0 Å². The number of aliphatic hydroxyl groups is 1. The van der Waals surface area contributed by atoms with Crippen LogP contribution in [-0.2, 0) is 0 Å². The topological polar surface area (TPSA) is 52.6 Å². The molecule has 2 N–H and O–H groups in total. The van der Waals surface area contributed by atoms with Crippen molar-refractivity contribution in [2.75, 3.05) is 25.5 Å². The van der Waals surface area contributed by atoms with E-state index < -0.39 is 0 Å². The van der Waals surface area contributed by atoms with Crippen LogP contribution >= 0.6 is 0 Å². The number of nitrogens with zero attached hydrogens (tertiary/aromatic N) is 1. The summed E-state index contributed by atoms with van der Waals surface area (Å²) in [7, 11) is 3.94. The Balaban J connectivity index is 1.88. The van der Waals surface area contributed by atoms with Crippen molar-refractivity contribution in [1.82, 2.24) is 5.32 Å². The maximum atomic E-state index is 12.1. The molecule has 0 radical (unpaired) electrons. The highest BCUT2D eigenvalue weighted by Crippen LogP contribution is 2.23. The number of hydrogen-bond acceptors (Lipinski definition) is 3. The van der Waals surface area contributed by atoms with Crippen LogP contribution < -0.4 is 10.2 Å². The van der Waals surface area contributed by atoms with Crippen molar-refractivity contribution >= 4 is 11.6 Å². The molecule has 1 aromatic rings. The highest BCUT2D eigenvalue weighted by atomic mass is 16.3. The highest BCUT2D eigenvalue weighted by Gasteiger charge is 2.23. The molecule has 1 amide bonds. The van der Waals surface area contributed by atoms with Crippen LogP contribution in [0.25, 0.3) is 0 Å². The van der Waals surface area contributed by atoms with Crippen molar-refractivity contribution in [3.63, 3.8) is 0 Å². The minimum Gasteiger partial charge on any atom is -0.393 e. The molecule has 1 aliphatic carbocycles. The van der Waals surface area contributed by atoms with Crippen LogP contribution in [0.2, 0.25) is 0 Å². The van der Waals surface area contributed by atoms with E-state index in [1.54, 1.807) is 0 Å². The fourth-order valence-electron chi connectivity index (χ4n) is 2.66. The molecule has 2 atom stereocenters. The maximum absolute atomic E-state index is 12.1. The summed E-state index contributed by atoms with van der Waals surface area (Å²) in [5.74, 6) is 0.141. The Morgan fingerprint density at radius 1 is 1.25 bits per heavy atom. The van der Waals surface area contributed by atoms with Gasteiger partial charge in [-0.15, -0.1) is 0 Å². The van der Waals surface area contributed by atoms with Crippen LogP contribution in [0.5, 0.6) is 0 Å². The van der Waals surface area contributed by atoms with Gasteiger partial charge in [0.1, 0.15) is 0 Å². The molecule has 0 aromatic heterocycles.